The molecule has 0 spiro atoms. The van der Waals surface area contributed by atoms with E-state index >= 15 is 0 Å². The second-order valence-electron chi connectivity index (χ2n) is 33.6. The molecule has 5 heterocycles. The number of pyridine rings is 5. The molecule has 17 aromatic carbocycles. The van der Waals surface area contributed by atoms with E-state index in [0.717, 1.165) is 94.9 Å². The van der Waals surface area contributed by atoms with Crippen molar-refractivity contribution in [2.45, 2.75) is 32.7 Å². The summed E-state index contributed by atoms with van der Waals surface area (Å²) in [5.41, 5.74) is 16.3. The van der Waals surface area contributed by atoms with E-state index in [1.54, 1.807) is 0 Å². The summed E-state index contributed by atoms with van der Waals surface area (Å²) >= 11 is 3.51. The average molecular weight is 2220 g/mol. The first kappa shape index (κ1) is 109. The Labute approximate surface area is 897 Å². The van der Waals surface area contributed by atoms with Crippen molar-refractivity contribution in [2.24, 2.45) is 0 Å². The number of hydrogen-bond acceptors (Lipinski definition) is 7. The van der Waals surface area contributed by atoms with Gasteiger partial charge in [-0.05, 0) is 122 Å². The molecular weight excluding hydrogens is 2100 g/mol. The molecule has 0 radical (unpaired) electrons. The summed E-state index contributed by atoms with van der Waals surface area (Å²) in [5, 5.41) is 11.1. The van der Waals surface area contributed by atoms with Gasteiger partial charge in [-0.25, -0.2) is 0 Å². The van der Waals surface area contributed by atoms with Crippen LogP contribution in [0.25, 0.3) is 56.3 Å². The second-order valence-corrected chi connectivity index (χ2v) is 45.9. The van der Waals surface area contributed by atoms with Gasteiger partial charge in [0.1, 0.15) is 26.4 Å². The monoisotopic (exact) mass is 2220 g/mol. The summed E-state index contributed by atoms with van der Waals surface area (Å²) < 4.78 is 1.08. The number of nitrogens with zero attached hydrogens (tertiary/aromatic N) is 7. The van der Waals surface area contributed by atoms with Crippen LogP contribution in [0.15, 0.2) is 612 Å². The van der Waals surface area contributed by atoms with Gasteiger partial charge in [0.05, 0.1) is 36.1 Å². The fourth-order valence-corrected chi connectivity index (χ4v) is 22.6. The number of para-hydroxylation sites is 2. The molecule has 722 valence electrons. The summed E-state index contributed by atoms with van der Waals surface area (Å²) in [7, 11) is -4.08. The SMILES string of the molecule is C[SiH2]c1ccc(-c2[c-]c(N(c3[c-]c(-c4ccc([SiH](C)c5ccccc5)cn4)ccc3)c3ccccc3)ccc2)nc1.C[SiH2]c1ccc(-c2cccc(N(c3ccccc3)c3cccc(-c4ccc([SiH](C)c5ccccc5)cn4)c3)c2)nc1.C[SiH](c1ccccc1)c1ccc(-c2cccc(Br)c2)nc1.[Pt+2].c1ccccc1.c1ccccc1.c1ccccc1.c1ccccc1.c1ccccc1.c1ccccc1.c1ccccc1. The van der Waals surface area contributed by atoms with Crippen molar-refractivity contribution < 1.29 is 21.1 Å². The zero-order chi connectivity index (χ0) is 100. The molecule has 14 heteroatoms. The Balaban J connectivity index is 0.000000164. The molecule has 3 atom stereocenters. The van der Waals surface area contributed by atoms with Crippen LogP contribution < -0.4 is 51.3 Å². The molecule has 3 unspecified atom stereocenters. The second kappa shape index (κ2) is 63.4. The first-order valence-electron chi connectivity index (χ1n) is 49.3. The van der Waals surface area contributed by atoms with E-state index in [-0.39, 0.29) is 40.1 Å². The van der Waals surface area contributed by atoms with Gasteiger partial charge in [0.15, 0.2) is 0 Å². The Morgan fingerprint density at radius 1 is 0.205 bits per heavy atom. The van der Waals surface area contributed by atoms with Crippen molar-refractivity contribution in [2.75, 3.05) is 9.80 Å². The van der Waals surface area contributed by atoms with E-state index in [9.17, 15) is 0 Å². The minimum absolute atomic E-state index is 0. The maximum absolute atomic E-state index is 4.92. The number of benzene rings is 17. The fourth-order valence-electron chi connectivity index (χ4n) is 15.3. The van der Waals surface area contributed by atoms with Crippen LogP contribution in [0.4, 0.5) is 34.1 Å². The Hall–Kier alpha value is -15.7. The molecule has 22 aromatic rings. The Kier molecular flexibility index (Phi) is 47.4. The zero-order valence-electron chi connectivity index (χ0n) is 83.2. The van der Waals surface area contributed by atoms with E-state index in [0.29, 0.717) is 0 Å². The van der Waals surface area contributed by atoms with Gasteiger partial charge in [0.25, 0.3) is 0 Å². The molecule has 0 amide bonds. The summed E-state index contributed by atoms with van der Waals surface area (Å²) in [6.45, 7) is 11.7. The molecule has 0 N–H and O–H groups in total. The smallest absolute Gasteiger partial charge is 0.346 e. The third-order valence-corrected chi connectivity index (χ3v) is 34.6. The summed E-state index contributed by atoms with van der Waals surface area (Å²) in [6, 6.07) is 204. The van der Waals surface area contributed by atoms with E-state index < -0.39 is 26.4 Å². The van der Waals surface area contributed by atoms with Crippen LogP contribution in [0.3, 0.4) is 0 Å². The molecular formula is C132H122BrN7PtSi5. The predicted molar refractivity (Wildman–Crippen MR) is 640 cm³/mol. The Morgan fingerprint density at radius 3 is 0.692 bits per heavy atom. The van der Waals surface area contributed by atoms with Crippen molar-refractivity contribution >= 4 is 137 Å². The van der Waals surface area contributed by atoms with Gasteiger partial charge >= 0.3 is 21.1 Å². The number of hydrogen-bond donors (Lipinski definition) is 0. The van der Waals surface area contributed by atoms with Gasteiger partial charge in [0, 0.05) is 74.9 Å². The van der Waals surface area contributed by atoms with Gasteiger partial charge in [-0.15, -0.1) is 59.7 Å². The summed E-state index contributed by atoms with van der Waals surface area (Å²) in [5.74, 6) is 0. The van der Waals surface area contributed by atoms with Crippen LogP contribution >= 0.6 is 15.9 Å². The van der Waals surface area contributed by atoms with Crippen LogP contribution in [-0.2, 0) is 21.1 Å². The molecule has 146 heavy (non-hydrogen) atoms. The van der Waals surface area contributed by atoms with Crippen molar-refractivity contribution in [1.82, 2.24) is 24.9 Å². The quantitative estimate of drug-likeness (QED) is 0.0590. The third kappa shape index (κ3) is 36.6. The van der Waals surface area contributed by atoms with Crippen LogP contribution in [0, 0.1) is 12.1 Å². The number of rotatable bonds is 19. The largest absolute Gasteiger partial charge is 2.00 e. The minimum Gasteiger partial charge on any atom is -0.346 e. The van der Waals surface area contributed by atoms with E-state index in [1.165, 1.54) is 41.5 Å². The van der Waals surface area contributed by atoms with Crippen molar-refractivity contribution in [1.29, 1.82) is 0 Å². The van der Waals surface area contributed by atoms with Gasteiger partial charge in [-0.2, -0.15) is 0 Å². The zero-order valence-corrected chi connectivity index (χ0v) is 93.4. The number of halogens is 1. The van der Waals surface area contributed by atoms with E-state index in [2.05, 4.69) is 385 Å². The standard InChI is InChI=1S/C36H33N3Si2.C36H31N3Si2.C18H16BrNSi.7C6H6.Pt/c2*1-40-32-19-21-35(37-25-32)27-11-9-15-30(23-27)39(29-13-5-3-6-14-29)31-16-10-12-28(24-31)36-22-20-34(26-38-36)41(2)33-17-7-4-8-18-33;1-21(16-8-3-2-4-9-16)17-10-11-18(20-13-17)14-6-5-7-15(19)12-14;7*1-2-4-6-5-3-1;/h3-26,41H,40H2,1-2H3;3-22,25-26,41H,40H2,1-2H3;2-13,21H,1H3;7*1-6H;/q;-2;;;;;;;;;+2. The topological polar surface area (TPSA) is 70.9 Å². The van der Waals surface area contributed by atoms with Gasteiger partial charge in [-0.1, -0.05) is 530 Å². The molecule has 0 saturated carbocycles. The van der Waals surface area contributed by atoms with Crippen LogP contribution in [0.2, 0.25) is 32.7 Å². The third-order valence-electron chi connectivity index (χ3n) is 23.4. The number of anilines is 6. The molecule has 5 aromatic heterocycles. The van der Waals surface area contributed by atoms with Crippen molar-refractivity contribution in [3.63, 3.8) is 0 Å². The van der Waals surface area contributed by atoms with Gasteiger partial charge in [-0.3, -0.25) is 15.0 Å². The first-order valence-corrected chi connectivity index (χ1v) is 61.2. The molecule has 0 aliphatic carbocycles. The number of aromatic nitrogens is 5. The van der Waals surface area contributed by atoms with E-state index in [4.69, 9.17) is 19.9 Å². The molecule has 7 nitrogen and oxygen atoms in total. The van der Waals surface area contributed by atoms with Crippen molar-refractivity contribution in [3.8, 4) is 56.3 Å². The van der Waals surface area contributed by atoms with Crippen LogP contribution in [0.1, 0.15) is 0 Å². The Morgan fingerprint density at radius 2 is 0.432 bits per heavy atom. The average Bonchev–Trinajstić information content (AvgIpc) is 0.792. The summed E-state index contributed by atoms with van der Waals surface area (Å²) in [4.78, 5) is 28.4. The maximum atomic E-state index is 4.92. The molecule has 0 aliphatic rings. The van der Waals surface area contributed by atoms with Crippen LogP contribution in [-0.4, -0.2) is 70.3 Å². The molecule has 0 aliphatic heterocycles. The van der Waals surface area contributed by atoms with E-state index in [1.807, 2.05) is 298 Å². The maximum Gasteiger partial charge on any atom is 2.00 e. The van der Waals surface area contributed by atoms with Crippen LogP contribution in [0.5, 0.6) is 0 Å². The molecule has 0 fully saturated rings. The Bertz CT molecular complexity index is 6450. The van der Waals surface area contributed by atoms with Crippen molar-refractivity contribution in [3.05, 3.63) is 624 Å². The fraction of sp³-hybridized carbons (Fsp3) is 0.0379. The summed E-state index contributed by atoms with van der Waals surface area (Å²) in [6.07, 6.45) is 10.2. The molecule has 0 bridgehead atoms. The molecule has 0 saturated heterocycles. The van der Waals surface area contributed by atoms with Gasteiger partial charge < -0.3 is 19.8 Å². The molecule has 22 rings (SSSR count). The minimum atomic E-state index is -1.27. The van der Waals surface area contributed by atoms with Gasteiger partial charge in [0.2, 0.25) is 0 Å². The predicted octanol–water partition coefficient (Wildman–Crippen LogP) is 27.1. The normalized spacial score (nSPS) is 10.8. The first-order chi connectivity index (χ1) is 71.6.